The molecule has 0 aliphatic carbocycles. The summed E-state index contributed by atoms with van der Waals surface area (Å²) in [6.07, 6.45) is 2.89. The number of phenolic OH excluding ortho intramolecular Hbond substituents is 1. The number of nitrogens with one attached hydrogen (secondary N) is 2. The van der Waals surface area contributed by atoms with Gasteiger partial charge in [0, 0.05) is 42.7 Å². The number of aromatic hydroxyl groups is 1. The van der Waals surface area contributed by atoms with Crippen LogP contribution in [0.1, 0.15) is 19.3 Å². The number of rotatable bonds is 5. The maximum Gasteiger partial charge on any atom is 0.319 e. The molecule has 38 heavy (non-hydrogen) atoms. The molecule has 194 valence electrons. The first-order valence-corrected chi connectivity index (χ1v) is 13.2. The van der Waals surface area contributed by atoms with Crippen molar-refractivity contribution < 1.29 is 19.0 Å². The van der Waals surface area contributed by atoms with Gasteiger partial charge in [0.15, 0.2) is 5.82 Å². The highest BCUT2D eigenvalue weighted by Crippen LogP contribution is 2.39. The number of anilines is 1. The second-order valence-corrected chi connectivity index (χ2v) is 10.5. The van der Waals surface area contributed by atoms with Crippen LogP contribution in [0.3, 0.4) is 0 Å². The lowest BCUT2D eigenvalue weighted by molar-refractivity contribution is -0.123. The standard InChI is InChI=1S/C29H28FN5O3/c30-25-22(24-12-20(36)11-16-3-1-2-4-21(16)24)7-8-23-26(25)33-29(38-15-17-9-10-31-28(17)37)34-27(23)35-13-18-5-6-19(14-35)32-18/h1-4,7-8,11-12,17-19,32,36H,5-6,9-10,13-15H2,(H,31,37). The molecule has 0 spiro atoms. The highest BCUT2D eigenvalue weighted by Gasteiger charge is 2.34. The Morgan fingerprint density at radius 1 is 1.00 bits per heavy atom. The third-order valence-electron chi connectivity index (χ3n) is 8.00. The van der Waals surface area contributed by atoms with Gasteiger partial charge in [-0.1, -0.05) is 30.3 Å². The average Bonchev–Trinajstić information content (AvgIpc) is 3.50. The van der Waals surface area contributed by atoms with Gasteiger partial charge < -0.3 is 25.4 Å². The van der Waals surface area contributed by atoms with Crippen molar-refractivity contribution in [1.82, 2.24) is 20.6 Å². The molecule has 3 unspecified atom stereocenters. The number of halogens is 1. The van der Waals surface area contributed by atoms with E-state index in [0.29, 0.717) is 47.4 Å². The second kappa shape index (κ2) is 9.09. The predicted octanol–water partition coefficient (Wildman–Crippen LogP) is 3.75. The smallest absolute Gasteiger partial charge is 0.319 e. The average molecular weight is 514 g/mol. The molecule has 3 aliphatic rings. The van der Waals surface area contributed by atoms with Crippen molar-refractivity contribution in [1.29, 1.82) is 0 Å². The zero-order chi connectivity index (χ0) is 25.8. The van der Waals surface area contributed by atoms with E-state index in [1.165, 1.54) is 0 Å². The Kier molecular flexibility index (Phi) is 5.54. The molecule has 3 aliphatic heterocycles. The number of hydrogen-bond acceptors (Lipinski definition) is 7. The van der Waals surface area contributed by atoms with E-state index >= 15 is 4.39 Å². The first kappa shape index (κ1) is 23.2. The van der Waals surface area contributed by atoms with Gasteiger partial charge in [0.05, 0.1) is 5.92 Å². The van der Waals surface area contributed by atoms with E-state index in [4.69, 9.17) is 9.72 Å². The van der Waals surface area contributed by atoms with Crippen LogP contribution in [0.5, 0.6) is 11.8 Å². The van der Waals surface area contributed by atoms with Crippen LogP contribution >= 0.6 is 0 Å². The van der Waals surface area contributed by atoms with Gasteiger partial charge in [0.2, 0.25) is 5.91 Å². The first-order valence-electron chi connectivity index (χ1n) is 13.2. The number of aromatic nitrogens is 2. The number of hydrogen-bond donors (Lipinski definition) is 3. The number of ether oxygens (including phenoxy) is 1. The molecule has 8 nitrogen and oxygen atoms in total. The van der Waals surface area contributed by atoms with Gasteiger partial charge in [0.25, 0.3) is 0 Å². The molecule has 4 heterocycles. The Hall–Kier alpha value is -3.98. The minimum atomic E-state index is -0.497. The zero-order valence-electron chi connectivity index (χ0n) is 20.8. The molecule has 0 saturated carbocycles. The van der Waals surface area contributed by atoms with E-state index in [1.807, 2.05) is 30.3 Å². The third kappa shape index (κ3) is 3.98. The number of amides is 1. The summed E-state index contributed by atoms with van der Waals surface area (Å²) >= 11 is 0. The van der Waals surface area contributed by atoms with Crippen LogP contribution in [0.2, 0.25) is 0 Å². The molecule has 2 bridgehead atoms. The summed E-state index contributed by atoms with van der Waals surface area (Å²) in [4.78, 5) is 23.5. The number of fused-ring (bicyclic) bond motifs is 4. The van der Waals surface area contributed by atoms with Crippen LogP contribution in [0.15, 0.2) is 48.5 Å². The van der Waals surface area contributed by atoms with Crippen molar-refractivity contribution in [2.75, 3.05) is 31.1 Å². The molecule has 1 aromatic heterocycles. The van der Waals surface area contributed by atoms with Crippen molar-refractivity contribution in [3.63, 3.8) is 0 Å². The summed E-state index contributed by atoms with van der Waals surface area (Å²) in [7, 11) is 0. The molecule has 9 heteroatoms. The van der Waals surface area contributed by atoms with Crippen molar-refractivity contribution in [2.24, 2.45) is 5.92 Å². The van der Waals surface area contributed by atoms with Gasteiger partial charge in [-0.3, -0.25) is 4.79 Å². The maximum absolute atomic E-state index is 16.4. The number of piperazine rings is 1. The highest BCUT2D eigenvalue weighted by atomic mass is 19.1. The van der Waals surface area contributed by atoms with Crippen molar-refractivity contribution in [3.8, 4) is 22.9 Å². The van der Waals surface area contributed by atoms with Crippen LogP contribution in [0, 0.1) is 11.7 Å². The van der Waals surface area contributed by atoms with Crippen molar-refractivity contribution in [3.05, 3.63) is 54.3 Å². The molecule has 3 atom stereocenters. The van der Waals surface area contributed by atoms with Gasteiger partial charge in [-0.05, 0) is 53.8 Å². The monoisotopic (exact) mass is 513 g/mol. The van der Waals surface area contributed by atoms with Crippen molar-refractivity contribution in [2.45, 2.75) is 31.3 Å². The van der Waals surface area contributed by atoms with Gasteiger partial charge >= 0.3 is 6.01 Å². The van der Waals surface area contributed by atoms with Gasteiger partial charge in [-0.15, -0.1) is 0 Å². The topological polar surface area (TPSA) is 99.6 Å². The molecule has 3 aromatic carbocycles. The van der Waals surface area contributed by atoms with E-state index in [2.05, 4.69) is 20.5 Å². The number of nitrogens with zero attached hydrogens (tertiary/aromatic N) is 3. The normalized spacial score (nSPS) is 22.8. The van der Waals surface area contributed by atoms with E-state index in [1.54, 1.807) is 18.2 Å². The van der Waals surface area contributed by atoms with E-state index in [9.17, 15) is 9.90 Å². The lowest BCUT2D eigenvalue weighted by Crippen LogP contribution is -2.51. The zero-order valence-corrected chi connectivity index (χ0v) is 20.8. The molecule has 3 fully saturated rings. The fraction of sp³-hybridized carbons (Fsp3) is 0.345. The number of carbonyl (C=O) groups excluding carboxylic acids is 1. The number of carbonyl (C=O) groups is 1. The summed E-state index contributed by atoms with van der Waals surface area (Å²) in [6, 6.07) is 15.2. The summed E-state index contributed by atoms with van der Waals surface area (Å²) in [5.41, 5.74) is 1.10. The minimum absolute atomic E-state index is 0.0473. The summed E-state index contributed by atoms with van der Waals surface area (Å²) in [6.45, 7) is 2.31. The third-order valence-corrected chi connectivity index (χ3v) is 8.00. The predicted molar refractivity (Wildman–Crippen MR) is 143 cm³/mol. The van der Waals surface area contributed by atoms with Gasteiger partial charge in [0.1, 0.15) is 23.7 Å². The molecule has 4 aromatic rings. The van der Waals surface area contributed by atoms with Crippen LogP contribution in [0.4, 0.5) is 10.2 Å². The molecule has 1 amide bonds. The molecular formula is C29H28FN5O3. The van der Waals surface area contributed by atoms with E-state index in [0.717, 1.165) is 36.7 Å². The SMILES string of the molecule is O=C1NCCC1COc1nc(N2CC3CCC(C2)N3)c2ccc(-c3cc(O)cc4ccccc34)c(F)c2n1. The van der Waals surface area contributed by atoms with Gasteiger partial charge in [-0.25, -0.2) is 4.39 Å². The van der Waals surface area contributed by atoms with Crippen LogP contribution < -0.4 is 20.3 Å². The number of phenols is 1. The van der Waals surface area contributed by atoms with Crippen LogP contribution in [-0.4, -0.2) is 59.3 Å². The highest BCUT2D eigenvalue weighted by molar-refractivity contribution is 6.01. The van der Waals surface area contributed by atoms with Crippen LogP contribution in [-0.2, 0) is 4.79 Å². The molecule has 3 saturated heterocycles. The van der Waals surface area contributed by atoms with Crippen LogP contribution in [0.25, 0.3) is 32.8 Å². The fourth-order valence-corrected chi connectivity index (χ4v) is 6.11. The maximum atomic E-state index is 16.4. The Bertz CT molecular complexity index is 1570. The lowest BCUT2D eigenvalue weighted by Gasteiger charge is -2.34. The number of benzene rings is 3. The molecule has 0 radical (unpaired) electrons. The largest absolute Gasteiger partial charge is 0.508 e. The Morgan fingerprint density at radius 3 is 2.61 bits per heavy atom. The Balaban J connectivity index is 1.36. The summed E-state index contributed by atoms with van der Waals surface area (Å²) < 4.78 is 22.3. The second-order valence-electron chi connectivity index (χ2n) is 10.5. The molecule has 3 N–H and O–H groups in total. The molecular weight excluding hydrogens is 485 g/mol. The van der Waals surface area contributed by atoms with Crippen molar-refractivity contribution >= 4 is 33.4 Å². The van der Waals surface area contributed by atoms with E-state index in [-0.39, 0.29) is 35.7 Å². The summed E-state index contributed by atoms with van der Waals surface area (Å²) in [5.74, 6) is -0.109. The summed E-state index contributed by atoms with van der Waals surface area (Å²) in [5, 5.41) is 19.1. The molecule has 7 rings (SSSR count). The van der Waals surface area contributed by atoms with Gasteiger partial charge in [-0.2, -0.15) is 9.97 Å². The first-order chi connectivity index (χ1) is 18.5. The van der Waals surface area contributed by atoms with E-state index < -0.39 is 5.82 Å². The lowest BCUT2D eigenvalue weighted by atomic mass is 9.96. The Labute approximate surface area is 218 Å². The Morgan fingerprint density at radius 2 is 1.82 bits per heavy atom. The quantitative estimate of drug-likeness (QED) is 0.374. The fourth-order valence-electron chi connectivity index (χ4n) is 6.11. The minimum Gasteiger partial charge on any atom is -0.508 e.